The zero-order valence-electron chi connectivity index (χ0n) is 15.7. The first-order valence-corrected chi connectivity index (χ1v) is 9.96. The predicted molar refractivity (Wildman–Crippen MR) is 102 cm³/mol. The van der Waals surface area contributed by atoms with E-state index in [2.05, 4.69) is 20.1 Å². The summed E-state index contributed by atoms with van der Waals surface area (Å²) < 4.78 is 0. The fourth-order valence-corrected chi connectivity index (χ4v) is 4.47. The van der Waals surface area contributed by atoms with Gasteiger partial charge in [-0.15, -0.1) is 0 Å². The average Bonchev–Trinajstić information content (AvgIpc) is 3.38. The van der Waals surface area contributed by atoms with E-state index in [0.717, 1.165) is 49.6 Å². The summed E-state index contributed by atoms with van der Waals surface area (Å²) in [6.45, 7) is 6.28. The number of carbonyl (C=O) groups is 1. The van der Waals surface area contributed by atoms with Crippen LogP contribution in [0.15, 0.2) is 6.07 Å². The number of nitrogens with one attached hydrogen (secondary N) is 1. The number of aromatic nitrogens is 2. The van der Waals surface area contributed by atoms with E-state index in [9.17, 15) is 4.79 Å². The van der Waals surface area contributed by atoms with Crippen LogP contribution in [-0.2, 0) is 4.79 Å². The Hall–Kier alpha value is -1.89. The molecule has 3 heterocycles. The Bertz CT molecular complexity index is 655. The summed E-state index contributed by atoms with van der Waals surface area (Å²) in [6.07, 6.45) is 6.33. The van der Waals surface area contributed by atoms with Crippen LogP contribution in [0.2, 0.25) is 0 Å². The molecule has 0 unspecified atom stereocenters. The lowest BCUT2D eigenvalue weighted by Gasteiger charge is -2.27. The first kappa shape index (κ1) is 17.5. The lowest BCUT2D eigenvalue weighted by Crippen LogP contribution is -2.34. The van der Waals surface area contributed by atoms with E-state index in [0.29, 0.717) is 18.5 Å². The molecule has 1 aromatic rings. The number of hydrogen-bond donors (Lipinski definition) is 2. The molecular formula is C19H30N6O. The largest absolute Gasteiger partial charge is 0.369 e. The topological polar surface area (TPSA) is 87.4 Å². The molecule has 26 heavy (non-hydrogen) atoms. The van der Waals surface area contributed by atoms with Crippen LogP contribution in [-0.4, -0.2) is 59.5 Å². The molecule has 2 aliphatic heterocycles. The maximum atomic E-state index is 11.3. The second-order valence-corrected chi connectivity index (χ2v) is 8.15. The molecule has 1 aliphatic carbocycles. The number of likely N-dealkylation sites (tertiary alicyclic amines) is 1. The van der Waals surface area contributed by atoms with Crippen molar-refractivity contribution in [2.45, 2.75) is 45.1 Å². The van der Waals surface area contributed by atoms with Crippen LogP contribution >= 0.6 is 0 Å². The van der Waals surface area contributed by atoms with Crippen molar-refractivity contribution < 1.29 is 4.79 Å². The number of nitrogens with zero attached hydrogens (tertiary/aromatic N) is 4. The summed E-state index contributed by atoms with van der Waals surface area (Å²) in [5.74, 6) is 2.86. The molecule has 3 aliphatic rings. The van der Waals surface area contributed by atoms with E-state index in [1.165, 1.54) is 32.1 Å². The Labute approximate surface area is 155 Å². The van der Waals surface area contributed by atoms with Gasteiger partial charge in [0, 0.05) is 44.0 Å². The highest BCUT2D eigenvalue weighted by Crippen LogP contribution is 2.42. The number of carbonyl (C=O) groups excluding carboxylic acids is 1. The number of primary amides is 1. The average molecular weight is 358 g/mol. The number of piperidine rings is 1. The summed E-state index contributed by atoms with van der Waals surface area (Å²) in [4.78, 5) is 25.3. The molecule has 1 saturated carbocycles. The fraction of sp³-hybridized carbons (Fsp3) is 0.737. The van der Waals surface area contributed by atoms with E-state index in [1.807, 2.05) is 13.0 Å². The molecule has 1 aromatic heterocycles. The second kappa shape index (κ2) is 7.39. The summed E-state index contributed by atoms with van der Waals surface area (Å²) >= 11 is 0. The Morgan fingerprint density at radius 3 is 2.69 bits per heavy atom. The number of hydrogen-bond acceptors (Lipinski definition) is 6. The Morgan fingerprint density at radius 1 is 1.23 bits per heavy atom. The van der Waals surface area contributed by atoms with E-state index < -0.39 is 0 Å². The van der Waals surface area contributed by atoms with Crippen LogP contribution in [0.1, 0.15) is 37.8 Å². The number of amides is 1. The van der Waals surface area contributed by atoms with Gasteiger partial charge in [-0.1, -0.05) is 0 Å². The number of rotatable bonds is 6. The second-order valence-electron chi connectivity index (χ2n) is 8.15. The van der Waals surface area contributed by atoms with Gasteiger partial charge in [-0.05, 0) is 50.9 Å². The van der Waals surface area contributed by atoms with Gasteiger partial charge in [0.2, 0.25) is 11.9 Å². The summed E-state index contributed by atoms with van der Waals surface area (Å²) in [5.41, 5.74) is 6.40. The minimum absolute atomic E-state index is 0.245. The first-order valence-electron chi connectivity index (χ1n) is 9.96. The van der Waals surface area contributed by atoms with Crippen molar-refractivity contribution >= 4 is 17.7 Å². The molecule has 0 bridgehead atoms. The number of nitrogens with two attached hydrogens (primary N) is 1. The Morgan fingerprint density at radius 2 is 2.00 bits per heavy atom. The maximum Gasteiger partial charge on any atom is 0.231 e. The molecule has 3 fully saturated rings. The van der Waals surface area contributed by atoms with E-state index in [-0.39, 0.29) is 5.91 Å². The van der Waals surface area contributed by atoms with Gasteiger partial charge >= 0.3 is 0 Å². The molecule has 3 N–H and O–H groups in total. The van der Waals surface area contributed by atoms with Crippen molar-refractivity contribution in [1.29, 1.82) is 0 Å². The smallest absolute Gasteiger partial charge is 0.231 e. The maximum absolute atomic E-state index is 11.3. The van der Waals surface area contributed by atoms with Crippen LogP contribution in [0.25, 0.3) is 0 Å². The van der Waals surface area contributed by atoms with Crippen LogP contribution in [0.5, 0.6) is 0 Å². The van der Waals surface area contributed by atoms with E-state index >= 15 is 0 Å². The summed E-state index contributed by atoms with van der Waals surface area (Å²) in [6, 6.07) is 2.36. The molecule has 2 atom stereocenters. The van der Waals surface area contributed by atoms with E-state index in [1.54, 1.807) is 0 Å². The zero-order valence-corrected chi connectivity index (χ0v) is 15.7. The van der Waals surface area contributed by atoms with Gasteiger partial charge in [0.25, 0.3) is 0 Å². The Balaban J connectivity index is 1.48. The third-order valence-electron chi connectivity index (χ3n) is 5.86. The third kappa shape index (κ3) is 4.09. The highest BCUT2D eigenvalue weighted by atomic mass is 16.1. The molecule has 7 nitrogen and oxygen atoms in total. The van der Waals surface area contributed by atoms with Crippen molar-refractivity contribution in [3.8, 4) is 0 Å². The standard InChI is InChI=1S/C19H30N6O/c1-13-9-18(23-19(21-13)25-7-3-2-4-8-25)22-16-11-24(12-17(20)26)10-15(16)14-5-6-14/h9,14-16H,2-8,10-12H2,1H3,(H2,20,26)(H,21,22,23)/t15-,16+/m0/s1. The summed E-state index contributed by atoms with van der Waals surface area (Å²) in [5, 5.41) is 3.66. The normalized spacial score (nSPS) is 26.9. The molecule has 0 spiro atoms. The van der Waals surface area contributed by atoms with Crippen molar-refractivity contribution in [2.24, 2.45) is 17.6 Å². The number of aryl methyl sites for hydroxylation is 1. The van der Waals surface area contributed by atoms with Gasteiger partial charge in [0.15, 0.2) is 0 Å². The minimum Gasteiger partial charge on any atom is -0.369 e. The fourth-order valence-electron chi connectivity index (χ4n) is 4.47. The quantitative estimate of drug-likeness (QED) is 0.799. The lowest BCUT2D eigenvalue weighted by atomic mass is 9.98. The van der Waals surface area contributed by atoms with Crippen molar-refractivity contribution in [3.63, 3.8) is 0 Å². The lowest BCUT2D eigenvalue weighted by molar-refractivity contribution is -0.118. The molecule has 0 radical (unpaired) electrons. The Kier molecular flexibility index (Phi) is 4.98. The van der Waals surface area contributed by atoms with Gasteiger partial charge in [-0.25, -0.2) is 4.98 Å². The van der Waals surface area contributed by atoms with Crippen molar-refractivity contribution in [2.75, 3.05) is 42.9 Å². The minimum atomic E-state index is -0.245. The predicted octanol–water partition coefficient (Wildman–Crippen LogP) is 1.38. The van der Waals surface area contributed by atoms with Crippen LogP contribution < -0.4 is 16.0 Å². The summed E-state index contributed by atoms with van der Waals surface area (Å²) in [7, 11) is 0. The first-order chi connectivity index (χ1) is 12.6. The molecule has 1 amide bonds. The van der Waals surface area contributed by atoms with Crippen molar-refractivity contribution in [1.82, 2.24) is 14.9 Å². The molecule has 4 rings (SSSR count). The van der Waals surface area contributed by atoms with Crippen LogP contribution in [0.4, 0.5) is 11.8 Å². The molecule has 142 valence electrons. The van der Waals surface area contributed by atoms with Gasteiger partial charge in [0.05, 0.1) is 6.54 Å². The van der Waals surface area contributed by atoms with Gasteiger partial charge in [-0.3, -0.25) is 9.69 Å². The molecular weight excluding hydrogens is 328 g/mol. The van der Waals surface area contributed by atoms with Gasteiger partial charge < -0.3 is 16.0 Å². The van der Waals surface area contributed by atoms with Crippen LogP contribution in [0, 0.1) is 18.8 Å². The van der Waals surface area contributed by atoms with Crippen molar-refractivity contribution in [3.05, 3.63) is 11.8 Å². The van der Waals surface area contributed by atoms with Gasteiger partial charge in [-0.2, -0.15) is 4.98 Å². The number of anilines is 2. The zero-order chi connectivity index (χ0) is 18.1. The van der Waals surface area contributed by atoms with Gasteiger partial charge in [0.1, 0.15) is 5.82 Å². The molecule has 7 heteroatoms. The third-order valence-corrected chi connectivity index (χ3v) is 5.86. The highest BCUT2D eigenvalue weighted by Gasteiger charge is 2.42. The monoisotopic (exact) mass is 358 g/mol. The highest BCUT2D eigenvalue weighted by molar-refractivity contribution is 5.76. The molecule has 2 saturated heterocycles. The SMILES string of the molecule is Cc1cc(N[C@@H]2CN(CC(N)=O)C[C@H]2C2CC2)nc(N2CCCCC2)n1. The van der Waals surface area contributed by atoms with E-state index in [4.69, 9.17) is 10.7 Å². The van der Waals surface area contributed by atoms with Crippen LogP contribution in [0.3, 0.4) is 0 Å². The molecule has 0 aromatic carbocycles.